The van der Waals surface area contributed by atoms with Crippen molar-refractivity contribution < 1.29 is 128 Å². The Balaban J connectivity index is 0.000000640. The Bertz CT molecular complexity index is 1340. The van der Waals surface area contributed by atoms with Gasteiger partial charge in [-0.3, -0.25) is 29.3 Å². The van der Waals surface area contributed by atoms with Crippen LogP contribution in [0.3, 0.4) is 0 Å². The smallest absolute Gasteiger partial charge is 0.872 e. The van der Waals surface area contributed by atoms with Crippen molar-refractivity contribution >= 4 is 17.1 Å². The third kappa shape index (κ3) is 8.25. The van der Waals surface area contributed by atoms with E-state index in [9.17, 15) is 39.5 Å². The minimum atomic E-state index is -1.63. The van der Waals surface area contributed by atoms with Gasteiger partial charge < -0.3 is 20.4 Å². The van der Waals surface area contributed by atoms with Gasteiger partial charge in [-0.2, -0.15) is 10.2 Å². The van der Waals surface area contributed by atoms with Gasteiger partial charge in [-0.15, -0.1) is 5.75 Å². The summed E-state index contributed by atoms with van der Waals surface area (Å²) >= 11 is 0. The zero-order valence-electron chi connectivity index (χ0n) is 17.0. The maximum Gasteiger partial charge on any atom is 1.00 e. The van der Waals surface area contributed by atoms with Crippen LogP contribution >= 0.6 is 0 Å². The molecule has 0 heterocycles. The first-order valence-corrected chi connectivity index (χ1v) is 7.97. The Kier molecular flexibility index (Phi) is 13.2. The second-order valence-corrected chi connectivity index (χ2v) is 5.62. The number of nitro benzene ring substituents is 1. The van der Waals surface area contributed by atoms with Gasteiger partial charge in [-0.1, -0.05) is 17.9 Å². The van der Waals surface area contributed by atoms with Gasteiger partial charge in [0.05, 0.1) is 16.3 Å². The molecule has 2 N–H and O–H groups in total. The van der Waals surface area contributed by atoms with Crippen molar-refractivity contribution in [1.82, 2.24) is 0 Å². The Hall–Kier alpha value is -1.67. The molecule has 0 unspecified atom stereocenters. The first-order chi connectivity index (χ1) is 14.5. The van der Waals surface area contributed by atoms with Crippen LogP contribution in [0.5, 0.6) is 23.0 Å². The maximum absolute atomic E-state index is 11.4. The standard InChI is InChI=1S/C12H9N3O4.C6H2O6.2K/c16-10-5-6-11(12(17)7-10)14-13-8-1-3-9(4-2-8)15(18)19;7-1-2(8)4(10)6(12)5(11)3(1)9;;/h1-7,16-17H;7-8H;;/q;;2*+1/p-2. The molecule has 0 amide bonds. The van der Waals surface area contributed by atoms with Crippen molar-refractivity contribution in [2.45, 2.75) is 0 Å². The van der Waals surface area contributed by atoms with Crippen LogP contribution in [-0.2, 0) is 0 Å². The number of benzene rings is 3. The maximum atomic E-state index is 11.4. The van der Waals surface area contributed by atoms with Crippen LogP contribution in [0.1, 0.15) is 0 Å². The second-order valence-electron chi connectivity index (χ2n) is 5.62. The van der Waals surface area contributed by atoms with Gasteiger partial charge in [0.25, 0.3) is 27.4 Å². The predicted molar refractivity (Wildman–Crippen MR) is 99.8 cm³/mol. The Morgan fingerprint density at radius 1 is 0.727 bits per heavy atom. The number of azo groups is 1. The van der Waals surface area contributed by atoms with Gasteiger partial charge in [0, 0.05) is 12.1 Å². The SMILES string of the molecule is O=[N+]([O-])c1ccc(N=Nc2ccc([O-])cc2[O-])cc1.O=c1c(O)c(O)c(=O)c(=O)c1=O.[K+].[K+]. The van der Waals surface area contributed by atoms with E-state index in [1.165, 1.54) is 36.4 Å². The van der Waals surface area contributed by atoms with Crippen LogP contribution in [-0.4, -0.2) is 15.1 Å². The molecule has 33 heavy (non-hydrogen) atoms. The van der Waals surface area contributed by atoms with Gasteiger partial charge in [-0.05, 0) is 18.2 Å². The van der Waals surface area contributed by atoms with Crippen LogP contribution in [0.2, 0.25) is 0 Å². The molecule has 0 saturated carbocycles. The number of nitrogens with zero attached hydrogens (tertiary/aromatic N) is 3. The molecule has 0 aliphatic heterocycles. The van der Waals surface area contributed by atoms with E-state index in [0.717, 1.165) is 6.07 Å². The van der Waals surface area contributed by atoms with Crippen LogP contribution in [0.4, 0.5) is 17.1 Å². The number of hydrogen-bond donors (Lipinski definition) is 2. The van der Waals surface area contributed by atoms with Crippen molar-refractivity contribution in [3.05, 3.63) is 93.5 Å². The number of hydrogen-bond acceptors (Lipinski definition) is 12. The molecular weight excluding hydrogens is 496 g/mol. The number of rotatable bonds is 3. The fourth-order valence-corrected chi connectivity index (χ4v) is 1.97. The van der Waals surface area contributed by atoms with Crippen LogP contribution < -0.4 is 135 Å². The third-order valence-corrected chi connectivity index (χ3v) is 3.54. The van der Waals surface area contributed by atoms with E-state index in [1.54, 1.807) is 0 Å². The van der Waals surface area contributed by atoms with E-state index >= 15 is 0 Å². The molecule has 13 nitrogen and oxygen atoms in total. The van der Waals surface area contributed by atoms with Crippen molar-refractivity contribution in [3.63, 3.8) is 0 Å². The molecule has 0 aliphatic carbocycles. The first kappa shape index (κ1) is 31.3. The number of phenols is 2. The number of nitro groups is 1. The molecule has 0 spiro atoms. The van der Waals surface area contributed by atoms with Crippen LogP contribution in [0.15, 0.2) is 71.9 Å². The molecule has 3 aromatic carbocycles. The van der Waals surface area contributed by atoms with E-state index in [-0.39, 0.29) is 120 Å². The van der Waals surface area contributed by atoms with Gasteiger partial charge >= 0.3 is 103 Å². The number of non-ortho nitro benzene ring substituents is 1. The topological polar surface area (TPSA) is 223 Å². The van der Waals surface area contributed by atoms with E-state index < -0.39 is 43.9 Å². The summed E-state index contributed by atoms with van der Waals surface area (Å²) in [7, 11) is 0. The van der Waals surface area contributed by atoms with Gasteiger partial charge in [-0.25, -0.2) is 0 Å². The molecule has 0 fully saturated rings. The van der Waals surface area contributed by atoms with Crippen LogP contribution in [0, 0.1) is 10.1 Å². The summed E-state index contributed by atoms with van der Waals surface area (Å²) in [5.41, 5.74) is -6.02. The van der Waals surface area contributed by atoms with E-state index in [0.29, 0.717) is 5.69 Å². The fourth-order valence-electron chi connectivity index (χ4n) is 1.97. The molecule has 0 aliphatic rings. The van der Waals surface area contributed by atoms with Crippen molar-refractivity contribution in [2.24, 2.45) is 10.2 Å². The minimum absolute atomic E-state index is 0. The average Bonchev–Trinajstić information content (AvgIpc) is 2.75. The normalized spacial score (nSPS) is 9.82. The molecule has 158 valence electrons. The molecule has 0 radical (unpaired) electrons. The van der Waals surface area contributed by atoms with Crippen molar-refractivity contribution in [3.8, 4) is 23.0 Å². The summed E-state index contributed by atoms with van der Waals surface area (Å²) < 4.78 is 0. The molecule has 0 aromatic heterocycles. The average molecular weight is 505 g/mol. The Morgan fingerprint density at radius 2 is 1.21 bits per heavy atom. The van der Waals surface area contributed by atoms with Crippen LogP contribution in [0.25, 0.3) is 0 Å². The summed E-state index contributed by atoms with van der Waals surface area (Å²) in [6.07, 6.45) is 0. The van der Waals surface area contributed by atoms with E-state index in [4.69, 9.17) is 10.2 Å². The molecule has 0 atom stereocenters. The summed E-state index contributed by atoms with van der Waals surface area (Å²) in [5.74, 6) is -3.65. The molecule has 3 aromatic rings. The second kappa shape index (κ2) is 13.9. The molecule has 3 rings (SSSR count). The van der Waals surface area contributed by atoms with Gasteiger partial charge in [0.1, 0.15) is 0 Å². The molecular formula is C18H9K2N3O10. The third-order valence-electron chi connectivity index (χ3n) is 3.54. The monoisotopic (exact) mass is 505 g/mol. The fraction of sp³-hybridized carbons (Fsp3) is 0. The predicted octanol–water partition coefficient (Wildman–Crippen LogP) is -6.42. The largest absolute Gasteiger partial charge is 1.00 e. The summed E-state index contributed by atoms with van der Waals surface area (Å²) in [6, 6.07) is 8.80. The zero-order chi connectivity index (χ0) is 23.3. The van der Waals surface area contributed by atoms with Crippen molar-refractivity contribution in [2.75, 3.05) is 0 Å². The Morgan fingerprint density at radius 3 is 1.64 bits per heavy atom. The molecule has 0 saturated heterocycles. The van der Waals surface area contributed by atoms with Gasteiger partial charge in [0.2, 0.25) is 11.5 Å². The Labute approximate surface area is 267 Å². The summed E-state index contributed by atoms with van der Waals surface area (Å²) in [5, 5.41) is 57.3. The summed E-state index contributed by atoms with van der Waals surface area (Å²) in [4.78, 5) is 51.9. The zero-order valence-corrected chi connectivity index (χ0v) is 23.3. The van der Waals surface area contributed by atoms with Gasteiger partial charge in [0.15, 0.2) is 0 Å². The quantitative estimate of drug-likeness (QED) is 0.0855. The molecule has 0 bridgehead atoms. The minimum Gasteiger partial charge on any atom is -0.872 e. The van der Waals surface area contributed by atoms with E-state index in [1.807, 2.05) is 0 Å². The number of phenolic OH excluding ortho intramolecular Hbond substituents is 2. The van der Waals surface area contributed by atoms with E-state index in [2.05, 4.69) is 10.2 Å². The van der Waals surface area contributed by atoms with Crippen molar-refractivity contribution in [1.29, 1.82) is 0 Å². The summed E-state index contributed by atoms with van der Waals surface area (Å²) in [6.45, 7) is 0. The molecule has 15 heteroatoms. The number of aromatic hydroxyl groups is 2. The first-order valence-electron chi connectivity index (χ1n) is 7.97.